The van der Waals surface area contributed by atoms with Crippen LogP contribution in [0.25, 0.3) is 0 Å². The van der Waals surface area contributed by atoms with Crippen LogP contribution in [-0.2, 0) is 17.5 Å². The van der Waals surface area contributed by atoms with E-state index in [-0.39, 0.29) is 5.91 Å². The summed E-state index contributed by atoms with van der Waals surface area (Å²) >= 11 is 0. The predicted octanol–water partition coefficient (Wildman–Crippen LogP) is 2.81. The van der Waals surface area contributed by atoms with E-state index in [0.29, 0.717) is 31.1 Å². The van der Waals surface area contributed by atoms with Gasteiger partial charge in [-0.2, -0.15) is 13.2 Å². The second kappa shape index (κ2) is 6.47. The van der Waals surface area contributed by atoms with Gasteiger partial charge in [0, 0.05) is 32.6 Å². The molecule has 0 unspecified atom stereocenters. The molecule has 21 heavy (non-hydrogen) atoms. The molecular formula is C15H19F3N2O. The van der Waals surface area contributed by atoms with Gasteiger partial charge in [-0.15, -0.1) is 0 Å². The van der Waals surface area contributed by atoms with Crippen molar-refractivity contribution in [2.45, 2.75) is 38.0 Å². The van der Waals surface area contributed by atoms with Crippen LogP contribution < -0.4 is 5.32 Å². The van der Waals surface area contributed by atoms with Crippen molar-refractivity contribution < 1.29 is 18.0 Å². The monoisotopic (exact) mass is 300 g/mol. The molecule has 1 aromatic rings. The molecule has 116 valence electrons. The van der Waals surface area contributed by atoms with E-state index in [2.05, 4.69) is 5.32 Å². The van der Waals surface area contributed by atoms with E-state index in [4.69, 9.17) is 0 Å². The average molecular weight is 300 g/mol. The molecule has 3 nitrogen and oxygen atoms in total. The summed E-state index contributed by atoms with van der Waals surface area (Å²) in [4.78, 5) is 13.4. The number of carbonyl (C=O) groups is 1. The second-order valence-corrected chi connectivity index (χ2v) is 5.42. The van der Waals surface area contributed by atoms with Crippen LogP contribution in [0.2, 0.25) is 0 Å². The van der Waals surface area contributed by atoms with Crippen molar-refractivity contribution in [3.8, 4) is 0 Å². The number of nitrogens with zero attached hydrogens (tertiary/aromatic N) is 1. The Morgan fingerprint density at radius 2 is 1.90 bits per heavy atom. The summed E-state index contributed by atoms with van der Waals surface area (Å²) in [5, 5.41) is 3.26. The van der Waals surface area contributed by atoms with Gasteiger partial charge in [-0.25, -0.2) is 0 Å². The van der Waals surface area contributed by atoms with Crippen LogP contribution in [0.5, 0.6) is 0 Å². The summed E-state index contributed by atoms with van der Waals surface area (Å²) in [7, 11) is 1.66. The molecule has 1 fully saturated rings. The molecule has 1 saturated carbocycles. The second-order valence-electron chi connectivity index (χ2n) is 5.42. The molecule has 6 heteroatoms. The van der Waals surface area contributed by atoms with Gasteiger partial charge in [-0.05, 0) is 30.5 Å². The Morgan fingerprint density at radius 3 is 2.43 bits per heavy atom. The fourth-order valence-corrected chi connectivity index (χ4v) is 2.02. The van der Waals surface area contributed by atoms with Gasteiger partial charge >= 0.3 is 6.18 Å². The lowest BCUT2D eigenvalue weighted by atomic mass is 10.1. The van der Waals surface area contributed by atoms with E-state index < -0.39 is 11.7 Å². The van der Waals surface area contributed by atoms with Crippen molar-refractivity contribution in [3.05, 3.63) is 35.4 Å². The zero-order valence-electron chi connectivity index (χ0n) is 11.9. The van der Waals surface area contributed by atoms with Gasteiger partial charge in [-0.1, -0.05) is 12.1 Å². The van der Waals surface area contributed by atoms with Crippen LogP contribution in [0, 0.1) is 0 Å². The van der Waals surface area contributed by atoms with Crippen molar-refractivity contribution >= 4 is 5.91 Å². The lowest BCUT2D eigenvalue weighted by molar-refractivity contribution is -0.137. The maximum absolute atomic E-state index is 12.4. The maximum Gasteiger partial charge on any atom is 0.416 e. The smallest absolute Gasteiger partial charge is 0.341 e. The highest BCUT2D eigenvalue weighted by Gasteiger charge is 2.30. The quantitative estimate of drug-likeness (QED) is 0.876. The highest BCUT2D eigenvalue weighted by Crippen LogP contribution is 2.29. The first-order valence-corrected chi connectivity index (χ1v) is 7.00. The Morgan fingerprint density at radius 1 is 1.29 bits per heavy atom. The van der Waals surface area contributed by atoms with E-state index in [0.717, 1.165) is 12.1 Å². The molecule has 0 aromatic heterocycles. The molecule has 1 aliphatic rings. The van der Waals surface area contributed by atoms with Crippen molar-refractivity contribution in [1.29, 1.82) is 0 Å². The van der Waals surface area contributed by atoms with Crippen LogP contribution in [-0.4, -0.2) is 30.4 Å². The van der Waals surface area contributed by atoms with E-state index in [1.807, 2.05) is 0 Å². The van der Waals surface area contributed by atoms with E-state index in [1.54, 1.807) is 7.05 Å². The standard InChI is InChI=1S/C15H19F3N2O/c1-20(14(21)8-9-19-13-6-7-13)10-11-2-4-12(5-3-11)15(16,17)18/h2-5,13,19H,6-10H2,1H3. The molecule has 0 spiro atoms. The molecule has 2 rings (SSSR count). The van der Waals surface area contributed by atoms with Crippen LogP contribution >= 0.6 is 0 Å². The first-order valence-electron chi connectivity index (χ1n) is 7.00. The molecule has 1 amide bonds. The number of rotatable bonds is 6. The number of amides is 1. The molecule has 0 heterocycles. The Hall–Kier alpha value is -1.56. The molecule has 0 bridgehead atoms. The Kier molecular flexibility index (Phi) is 4.88. The number of halogens is 3. The molecule has 0 atom stereocenters. The largest absolute Gasteiger partial charge is 0.416 e. The van der Waals surface area contributed by atoms with E-state index >= 15 is 0 Å². The molecule has 1 aromatic carbocycles. The molecular weight excluding hydrogens is 281 g/mol. The molecule has 1 N–H and O–H groups in total. The number of nitrogens with one attached hydrogen (secondary N) is 1. The Balaban J connectivity index is 1.80. The predicted molar refractivity (Wildman–Crippen MR) is 73.6 cm³/mol. The first-order chi connectivity index (χ1) is 9.86. The van der Waals surface area contributed by atoms with E-state index in [9.17, 15) is 18.0 Å². The summed E-state index contributed by atoms with van der Waals surface area (Å²) in [6.07, 6.45) is -1.56. The van der Waals surface area contributed by atoms with Crippen molar-refractivity contribution in [3.63, 3.8) is 0 Å². The SMILES string of the molecule is CN(Cc1ccc(C(F)(F)F)cc1)C(=O)CCNC1CC1. The lowest BCUT2D eigenvalue weighted by Gasteiger charge is -2.18. The number of hydrogen-bond donors (Lipinski definition) is 1. The van der Waals surface area contributed by atoms with Gasteiger partial charge in [0.15, 0.2) is 0 Å². The minimum absolute atomic E-state index is 0.0111. The van der Waals surface area contributed by atoms with Crippen LogP contribution in [0.3, 0.4) is 0 Å². The molecule has 0 saturated heterocycles. The fourth-order valence-electron chi connectivity index (χ4n) is 2.02. The van der Waals surface area contributed by atoms with Crippen LogP contribution in [0.1, 0.15) is 30.4 Å². The van der Waals surface area contributed by atoms with Gasteiger partial charge in [0.1, 0.15) is 0 Å². The van der Waals surface area contributed by atoms with Gasteiger partial charge in [0.05, 0.1) is 5.56 Å². The third-order valence-electron chi connectivity index (χ3n) is 3.48. The van der Waals surface area contributed by atoms with Gasteiger partial charge in [-0.3, -0.25) is 4.79 Å². The summed E-state index contributed by atoms with van der Waals surface area (Å²) < 4.78 is 37.3. The Labute approximate surface area is 122 Å². The summed E-state index contributed by atoms with van der Waals surface area (Å²) in [6.45, 7) is 0.973. The van der Waals surface area contributed by atoms with Gasteiger partial charge in [0.25, 0.3) is 0 Å². The molecule has 0 aliphatic heterocycles. The van der Waals surface area contributed by atoms with Gasteiger partial charge in [0.2, 0.25) is 5.91 Å². The van der Waals surface area contributed by atoms with Gasteiger partial charge < -0.3 is 10.2 Å². The van der Waals surface area contributed by atoms with Crippen molar-refractivity contribution in [2.24, 2.45) is 0 Å². The lowest BCUT2D eigenvalue weighted by Crippen LogP contribution is -2.30. The third kappa shape index (κ3) is 5.04. The summed E-state index contributed by atoms with van der Waals surface area (Å²) in [5.41, 5.74) is 0.0165. The zero-order valence-corrected chi connectivity index (χ0v) is 11.9. The molecule has 0 radical (unpaired) electrons. The van der Waals surface area contributed by atoms with Crippen LogP contribution in [0.4, 0.5) is 13.2 Å². The topological polar surface area (TPSA) is 32.3 Å². The minimum Gasteiger partial charge on any atom is -0.341 e. The Bertz CT molecular complexity index is 481. The first kappa shape index (κ1) is 15.8. The average Bonchev–Trinajstić information content (AvgIpc) is 3.22. The fraction of sp³-hybridized carbons (Fsp3) is 0.533. The normalized spacial score (nSPS) is 15.0. The van der Waals surface area contributed by atoms with E-state index in [1.165, 1.54) is 29.9 Å². The van der Waals surface area contributed by atoms with Crippen molar-refractivity contribution in [1.82, 2.24) is 10.2 Å². The minimum atomic E-state index is -4.32. The number of hydrogen-bond acceptors (Lipinski definition) is 2. The third-order valence-corrected chi connectivity index (χ3v) is 3.48. The number of benzene rings is 1. The maximum atomic E-state index is 12.4. The number of alkyl halides is 3. The van der Waals surface area contributed by atoms with Crippen molar-refractivity contribution in [2.75, 3.05) is 13.6 Å². The summed E-state index contributed by atoms with van der Waals surface area (Å²) in [5.74, 6) is -0.0111. The zero-order chi connectivity index (χ0) is 15.5. The molecule has 1 aliphatic carbocycles. The highest BCUT2D eigenvalue weighted by atomic mass is 19.4. The van der Waals surface area contributed by atoms with Crippen LogP contribution in [0.15, 0.2) is 24.3 Å². The highest BCUT2D eigenvalue weighted by molar-refractivity contribution is 5.76. The number of carbonyl (C=O) groups excluding carboxylic acids is 1. The summed E-state index contributed by atoms with van der Waals surface area (Å²) in [6, 6.07) is 5.48.